The Hall–Kier alpha value is -2.70. The van der Waals surface area contributed by atoms with Crippen molar-refractivity contribution in [3.8, 4) is 0 Å². The molecule has 1 N–H and O–H groups in total. The Morgan fingerprint density at radius 2 is 2.00 bits per heavy atom. The van der Waals surface area contributed by atoms with Crippen LogP contribution in [-0.2, 0) is 11.3 Å². The molecule has 0 aliphatic heterocycles. The van der Waals surface area contributed by atoms with Crippen molar-refractivity contribution in [1.29, 1.82) is 0 Å². The fourth-order valence-electron chi connectivity index (χ4n) is 2.94. The molecule has 1 saturated carbocycles. The Balaban J connectivity index is 1.41. The zero-order valence-corrected chi connectivity index (χ0v) is 13.3. The van der Waals surface area contributed by atoms with Gasteiger partial charge in [0.2, 0.25) is 0 Å². The zero-order valence-electron chi connectivity index (χ0n) is 13.3. The molecular weight excluding hydrogens is 308 g/mol. The molecular formula is C17H20N4O3. The molecule has 24 heavy (non-hydrogen) atoms. The number of amides is 1. The summed E-state index contributed by atoms with van der Waals surface area (Å²) in [5, 5.41) is 10.7. The van der Waals surface area contributed by atoms with Gasteiger partial charge in [0.25, 0.3) is 0 Å². The molecule has 1 heterocycles. The van der Waals surface area contributed by atoms with Gasteiger partial charge in [-0.3, -0.25) is 4.79 Å². The number of ether oxygens (including phenoxy) is 1. The molecule has 126 valence electrons. The van der Waals surface area contributed by atoms with Crippen LogP contribution in [0.25, 0.3) is 0 Å². The Morgan fingerprint density at radius 3 is 2.67 bits per heavy atom. The molecule has 0 unspecified atom stereocenters. The Kier molecular flexibility index (Phi) is 5.20. The maximum atomic E-state index is 11.9. The number of hydrogen-bond donors (Lipinski definition) is 1. The van der Waals surface area contributed by atoms with Crippen molar-refractivity contribution in [1.82, 2.24) is 20.3 Å². The minimum absolute atomic E-state index is 0.110. The van der Waals surface area contributed by atoms with Crippen molar-refractivity contribution in [2.45, 2.75) is 44.4 Å². The lowest BCUT2D eigenvalue weighted by Gasteiger charge is -2.28. The quantitative estimate of drug-likeness (QED) is 0.852. The smallest absolute Gasteiger partial charge is 0.407 e. The molecule has 3 rings (SSSR count). The van der Waals surface area contributed by atoms with Gasteiger partial charge in [0.15, 0.2) is 6.29 Å². The first-order chi connectivity index (χ1) is 11.7. The van der Waals surface area contributed by atoms with Gasteiger partial charge >= 0.3 is 6.09 Å². The van der Waals surface area contributed by atoms with Crippen LogP contribution in [0.2, 0.25) is 0 Å². The van der Waals surface area contributed by atoms with Crippen molar-refractivity contribution in [3.05, 3.63) is 47.8 Å². The van der Waals surface area contributed by atoms with E-state index in [2.05, 4.69) is 15.6 Å². The van der Waals surface area contributed by atoms with Gasteiger partial charge in [0.05, 0.1) is 12.2 Å². The first-order valence-electron chi connectivity index (χ1n) is 8.09. The Labute approximate surface area is 140 Å². The first kappa shape index (κ1) is 16.2. The average Bonchev–Trinajstić information content (AvgIpc) is 3.11. The topological polar surface area (TPSA) is 86.1 Å². The molecule has 0 spiro atoms. The Morgan fingerprint density at radius 1 is 1.25 bits per heavy atom. The minimum atomic E-state index is -0.383. The van der Waals surface area contributed by atoms with E-state index in [0.29, 0.717) is 12.0 Å². The predicted molar refractivity (Wildman–Crippen MR) is 86.5 cm³/mol. The zero-order chi connectivity index (χ0) is 16.8. The van der Waals surface area contributed by atoms with E-state index < -0.39 is 0 Å². The molecule has 1 aliphatic rings. The number of nitrogens with one attached hydrogen (secondary N) is 1. The van der Waals surface area contributed by atoms with Gasteiger partial charge < -0.3 is 10.1 Å². The number of rotatable bonds is 5. The normalized spacial score (nSPS) is 20.3. The first-order valence-corrected chi connectivity index (χ1v) is 8.09. The van der Waals surface area contributed by atoms with E-state index in [0.717, 1.165) is 31.2 Å². The molecule has 7 nitrogen and oxygen atoms in total. The molecule has 1 aromatic heterocycles. The van der Waals surface area contributed by atoms with Crippen LogP contribution in [0.15, 0.2) is 36.5 Å². The highest BCUT2D eigenvalue weighted by molar-refractivity contribution is 5.70. The Bertz CT molecular complexity index is 678. The highest BCUT2D eigenvalue weighted by Crippen LogP contribution is 2.27. The van der Waals surface area contributed by atoms with Crippen LogP contribution in [0.5, 0.6) is 0 Å². The maximum absolute atomic E-state index is 11.9. The summed E-state index contributed by atoms with van der Waals surface area (Å²) >= 11 is 0. The largest absolute Gasteiger partial charge is 0.445 e. The highest BCUT2D eigenvalue weighted by atomic mass is 16.5. The second-order valence-electron chi connectivity index (χ2n) is 5.95. The van der Waals surface area contributed by atoms with Gasteiger partial charge in [-0.25, -0.2) is 9.48 Å². The van der Waals surface area contributed by atoms with Crippen LogP contribution < -0.4 is 5.32 Å². The molecule has 2 aromatic rings. The minimum Gasteiger partial charge on any atom is -0.445 e. The van der Waals surface area contributed by atoms with E-state index in [-0.39, 0.29) is 24.8 Å². The number of aldehydes is 1. The number of carbonyl (C=O) groups excluding carboxylic acids is 2. The van der Waals surface area contributed by atoms with Crippen LogP contribution in [0.3, 0.4) is 0 Å². The SMILES string of the molecule is O=Cc1cn([C@H]2CC[C@H](NC(=O)OCc3ccccc3)CC2)nn1. The molecule has 1 aromatic carbocycles. The number of benzene rings is 1. The molecule has 0 bridgehead atoms. The standard InChI is InChI=1S/C17H20N4O3/c22-11-15-10-21(20-19-15)16-8-6-14(7-9-16)18-17(23)24-12-13-4-2-1-3-5-13/h1-5,10-11,14,16H,6-9,12H2,(H,18,23)/t14-,16-. The number of hydrogen-bond acceptors (Lipinski definition) is 5. The molecule has 1 amide bonds. The van der Waals surface area contributed by atoms with Crippen LogP contribution in [0.1, 0.15) is 47.8 Å². The van der Waals surface area contributed by atoms with Crippen molar-refractivity contribution in [2.75, 3.05) is 0 Å². The van der Waals surface area contributed by atoms with Gasteiger partial charge in [-0.1, -0.05) is 35.5 Å². The van der Waals surface area contributed by atoms with Crippen molar-refractivity contribution >= 4 is 12.4 Å². The summed E-state index contributed by atoms with van der Waals surface area (Å²) in [6, 6.07) is 9.93. The number of carbonyl (C=O) groups is 2. The van der Waals surface area contributed by atoms with E-state index in [1.807, 2.05) is 30.3 Å². The molecule has 1 fully saturated rings. The third-order valence-corrected chi connectivity index (χ3v) is 4.25. The van der Waals surface area contributed by atoms with Gasteiger partial charge in [0.1, 0.15) is 12.3 Å². The van der Waals surface area contributed by atoms with Crippen LogP contribution in [0.4, 0.5) is 4.79 Å². The predicted octanol–water partition coefficient (Wildman–Crippen LogP) is 2.50. The van der Waals surface area contributed by atoms with Crippen molar-refractivity contribution in [2.24, 2.45) is 0 Å². The third kappa shape index (κ3) is 4.18. The second-order valence-corrected chi connectivity index (χ2v) is 5.95. The van der Waals surface area contributed by atoms with E-state index in [1.54, 1.807) is 10.9 Å². The summed E-state index contributed by atoms with van der Waals surface area (Å²) in [7, 11) is 0. The lowest BCUT2D eigenvalue weighted by Crippen LogP contribution is -2.38. The molecule has 1 aliphatic carbocycles. The van der Waals surface area contributed by atoms with Gasteiger partial charge in [0, 0.05) is 6.04 Å². The van der Waals surface area contributed by atoms with E-state index in [9.17, 15) is 9.59 Å². The maximum Gasteiger partial charge on any atom is 0.407 e. The second kappa shape index (κ2) is 7.72. The summed E-state index contributed by atoms with van der Waals surface area (Å²) < 4.78 is 6.99. The third-order valence-electron chi connectivity index (χ3n) is 4.25. The summed E-state index contributed by atoms with van der Waals surface area (Å²) in [4.78, 5) is 22.5. The molecule has 0 atom stereocenters. The van der Waals surface area contributed by atoms with Crippen LogP contribution >= 0.6 is 0 Å². The van der Waals surface area contributed by atoms with E-state index in [4.69, 9.17) is 4.74 Å². The lowest BCUT2D eigenvalue weighted by atomic mass is 9.91. The highest BCUT2D eigenvalue weighted by Gasteiger charge is 2.24. The van der Waals surface area contributed by atoms with Crippen LogP contribution in [-0.4, -0.2) is 33.4 Å². The summed E-state index contributed by atoms with van der Waals surface area (Å²) in [5.41, 5.74) is 1.31. The van der Waals surface area contributed by atoms with Gasteiger partial charge in [-0.2, -0.15) is 0 Å². The summed E-state index contributed by atoms with van der Waals surface area (Å²) in [5.74, 6) is 0. The van der Waals surface area contributed by atoms with E-state index in [1.165, 1.54) is 0 Å². The summed E-state index contributed by atoms with van der Waals surface area (Å²) in [6.45, 7) is 0.273. The molecule has 0 saturated heterocycles. The van der Waals surface area contributed by atoms with Crippen LogP contribution in [0, 0.1) is 0 Å². The monoisotopic (exact) mass is 328 g/mol. The van der Waals surface area contributed by atoms with Gasteiger partial charge in [-0.15, -0.1) is 5.10 Å². The van der Waals surface area contributed by atoms with Crippen molar-refractivity contribution in [3.63, 3.8) is 0 Å². The van der Waals surface area contributed by atoms with E-state index >= 15 is 0 Å². The summed E-state index contributed by atoms with van der Waals surface area (Å²) in [6.07, 6.45) is 5.43. The van der Waals surface area contributed by atoms with Gasteiger partial charge in [-0.05, 0) is 31.2 Å². The number of aromatic nitrogens is 3. The molecule has 7 heteroatoms. The number of alkyl carbamates (subject to hydrolysis) is 1. The average molecular weight is 328 g/mol. The number of nitrogens with zero attached hydrogens (tertiary/aromatic N) is 3. The fourth-order valence-corrected chi connectivity index (χ4v) is 2.94. The molecule has 0 radical (unpaired) electrons. The lowest BCUT2D eigenvalue weighted by molar-refractivity contribution is 0.111. The fraction of sp³-hybridized carbons (Fsp3) is 0.412. The van der Waals surface area contributed by atoms with Crippen molar-refractivity contribution < 1.29 is 14.3 Å².